The zero-order chi connectivity index (χ0) is 21.5. The number of morpholine rings is 1. The highest BCUT2D eigenvalue weighted by Gasteiger charge is 2.30. The molecule has 2 atom stereocenters. The van der Waals surface area contributed by atoms with E-state index in [2.05, 4.69) is 5.32 Å². The number of hydrogen-bond acceptors (Lipinski definition) is 5. The predicted molar refractivity (Wildman–Crippen MR) is 91.8 cm³/mol. The monoisotopic (exact) mass is 406 g/mol. The topological polar surface area (TPSA) is 116 Å². The van der Waals surface area contributed by atoms with Crippen LogP contribution in [0.15, 0.2) is 24.3 Å². The van der Waals surface area contributed by atoms with Crippen LogP contribution >= 0.6 is 0 Å². The summed E-state index contributed by atoms with van der Waals surface area (Å²) in [6.07, 6.45) is -4.36. The second-order valence-corrected chi connectivity index (χ2v) is 6.19. The first-order valence-electron chi connectivity index (χ1n) is 8.19. The van der Waals surface area contributed by atoms with Crippen LogP contribution in [0.5, 0.6) is 0 Å². The summed E-state index contributed by atoms with van der Waals surface area (Å²) in [5.41, 5.74) is -0.631. The molecule has 1 aliphatic rings. The molecule has 0 radical (unpaired) electrons. The highest BCUT2D eigenvalue weighted by Crippen LogP contribution is 2.30. The summed E-state index contributed by atoms with van der Waals surface area (Å²) in [5, 5.41) is 17.3. The van der Waals surface area contributed by atoms with Crippen molar-refractivity contribution in [1.82, 2.24) is 4.90 Å². The normalized spacial score (nSPS) is 19.9. The third-order valence-corrected chi connectivity index (χ3v) is 3.52. The van der Waals surface area contributed by atoms with Crippen LogP contribution in [0, 0.1) is 0 Å². The lowest BCUT2D eigenvalue weighted by Crippen LogP contribution is -2.48. The summed E-state index contributed by atoms with van der Waals surface area (Å²) in [6, 6.07) is 4.62. The predicted octanol–water partition coefficient (Wildman–Crippen LogP) is 1.91. The molecule has 28 heavy (non-hydrogen) atoms. The van der Waals surface area contributed by atoms with Crippen LogP contribution in [0.3, 0.4) is 0 Å². The van der Waals surface area contributed by atoms with Gasteiger partial charge in [-0.2, -0.15) is 13.2 Å². The third-order valence-electron chi connectivity index (χ3n) is 3.52. The van der Waals surface area contributed by atoms with Gasteiger partial charge in [0.2, 0.25) is 5.91 Å². The van der Waals surface area contributed by atoms with E-state index in [1.54, 1.807) is 0 Å². The standard InChI is InChI=1S/C15H19F3N2O2.C2H2O4/c1-10-7-20(8-11(2)22-10)9-14(21)19-13-5-3-4-12(6-13)15(16,17)18;3-1(4)2(5)6/h3-6,10-11H,7-9H2,1-2H3,(H,19,21);(H,3,4)(H,5,6). The Bertz CT molecular complexity index is 688. The molecule has 3 N–H and O–H groups in total. The van der Waals surface area contributed by atoms with Crippen molar-refractivity contribution in [2.75, 3.05) is 25.0 Å². The number of ether oxygens (including phenoxy) is 1. The number of rotatable bonds is 3. The van der Waals surface area contributed by atoms with Crippen LogP contribution in [0.1, 0.15) is 19.4 Å². The lowest BCUT2D eigenvalue weighted by Gasteiger charge is -2.34. The Hall–Kier alpha value is -2.66. The summed E-state index contributed by atoms with van der Waals surface area (Å²) in [4.78, 5) is 32.1. The van der Waals surface area contributed by atoms with Gasteiger partial charge >= 0.3 is 18.1 Å². The van der Waals surface area contributed by atoms with Crippen LogP contribution in [0.2, 0.25) is 0 Å². The molecule has 8 nitrogen and oxygen atoms in total. The number of alkyl halides is 3. The number of carbonyl (C=O) groups excluding carboxylic acids is 1. The summed E-state index contributed by atoms with van der Waals surface area (Å²) in [6.45, 7) is 5.23. The molecule has 2 rings (SSSR count). The zero-order valence-electron chi connectivity index (χ0n) is 15.2. The van der Waals surface area contributed by atoms with Crippen molar-refractivity contribution in [2.24, 2.45) is 0 Å². The van der Waals surface area contributed by atoms with E-state index >= 15 is 0 Å². The number of anilines is 1. The molecule has 1 aromatic rings. The van der Waals surface area contributed by atoms with E-state index < -0.39 is 23.7 Å². The van der Waals surface area contributed by atoms with Gasteiger partial charge in [-0.25, -0.2) is 9.59 Å². The molecule has 1 amide bonds. The molecule has 1 aliphatic heterocycles. The molecule has 1 fully saturated rings. The van der Waals surface area contributed by atoms with Crippen LogP contribution < -0.4 is 5.32 Å². The number of nitrogens with one attached hydrogen (secondary N) is 1. The number of carboxylic acid groups (broad SMARTS) is 2. The number of nitrogens with zero attached hydrogens (tertiary/aromatic N) is 1. The van der Waals surface area contributed by atoms with Crippen LogP contribution in [-0.4, -0.2) is 64.8 Å². The first-order chi connectivity index (χ1) is 12.9. The zero-order valence-corrected chi connectivity index (χ0v) is 15.2. The SMILES string of the molecule is CC1CN(CC(=O)Nc2cccc(C(F)(F)F)c2)CC(C)O1.O=C(O)C(=O)O. The Morgan fingerprint density at radius 3 is 2.14 bits per heavy atom. The largest absolute Gasteiger partial charge is 0.473 e. The maximum Gasteiger partial charge on any atom is 0.416 e. The van der Waals surface area contributed by atoms with Gasteiger partial charge in [0.1, 0.15) is 0 Å². The average molecular weight is 406 g/mol. The van der Waals surface area contributed by atoms with Crippen molar-refractivity contribution in [3.05, 3.63) is 29.8 Å². The Labute approximate surface area is 158 Å². The minimum Gasteiger partial charge on any atom is -0.473 e. The van der Waals surface area contributed by atoms with E-state index in [1.807, 2.05) is 18.7 Å². The lowest BCUT2D eigenvalue weighted by molar-refractivity contribution is -0.159. The first-order valence-corrected chi connectivity index (χ1v) is 8.19. The first kappa shape index (κ1) is 23.4. The molecule has 2 unspecified atom stereocenters. The number of halogens is 3. The Morgan fingerprint density at radius 1 is 1.14 bits per heavy atom. The molecule has 0 aliphatic carbocycles. The Kier molecular flexibility index (Phi) is 8.38. The van der Waals surface area contributed by atoms with Crippen LogP contribution in [0.4, 0.5) is 18.9 Å². The van der Waals surface area contributed by atoms with Crippen LogP contribution in [0.25, 0.3) is 0 Å². The molecule has 1 aromatic carbocycles. The average Bonchev–Trinajstić information content (AvgIpc) is 2.53. The number of aliphatic carboxylic acids is 2. The molecule has 11 heteroatoms. The molecule has 0 saturated carbocycles. The maximum absolute atomic E-state index is 12.6. The van der Waals surface area contributed by atoms with Gasteiger partial charge in [0, 0.05) is 18.8 Å². The molecule has 1 saturated heterocycles. The van der Waals surface area contributed by atoms with Gasteiger partial charge in [-0.1, -0.05) is 6.07 Å². The smallest absolute Gasteiger partial charge is 0.416 e. The lowest BCUT2D eigenvalue weighted by atomic mass is 10.2. The van der Waals surface area contributed by atoms with E-state index in [9.17, 15) is 18.0 Å². The number of carbonyl (C=O) groups is 3. The van der Waals surface area contributed by atoms with E-state index in [-0.39, 0.29) is 30.3 Å². The van der Waals surface area contributed by atoms with Gasteiger partial charge in [-0.05, 0) is 32.0 Å². The summed E-state index contributed by atoms with van der Waals surface area (Å²) in [7, 11) is 0. The van der Waals surface area contributed by atoms with Gasteiger partial charge in [0.15, 0.2) is 0 Å². The minimum absolute atomic E-state index is 0.0325. The van der Waals surface area contributed by atoms with Crippen molar-refractivity contribution < 1.29 is 42.5 Å². The van der Waals surface area contributed by atoms with E-state index in [4.69, 9.17) is 24.5 Å². The molecule has 0 bridgehead atoms. The van der Waals surface area contributed by atoms with Gasteiger partial charge in [-0.15, -0.1) is 0 Å². The highest BCUT2D eigenvalue weighted by atomic mass is 19.4. The quantitative estimate of drug-likeness (QED) is 0.657. The number of carboxylic acids is 2. The van der Waals surface area contributed by atoms with Gasteiger partial charge in [-0.3, -0.25) is 9.69 Å². The maximum atomic E-state index is 12.6. The van der Waals surface area contributed by atoms with Crippen LogP contribution in [-0.2, 0) is 25.3 Å². The molecule has 156 valence electrons. The van der Waals surface area contributed by atoms with E-state index in [1.165, 1.54) is 12.1 Å². The Morgan fingerprint density at radius 2 is 1.68 bits per heavy atom. The number of hydrogen-bond donors (Lipinski definition) is 3. The molecular weight excluding hydrogens is 385 g/mol. The minimum atomic E-state index is -4.42. The van der Waals surface area contributed by atoms with E-state index in [0.29, 0.717) is 13.1 Å². The second kappa shape index (κ2) is 10.0. The molecular formula is C17H21F3N2O6. The van der Waals surface area contributed by atoms with Crippen molar-refractivity contribution in [1.29, 1.82) is 0 Å². The highest BCUT2D eigenvalue weighted by molar-refractivity contribution is 6.27. The van der Waals surface area contributed by atoms with Gasteiger partial charge in [0.25, 0.3) is 0 Å². The number of benzene rings is 1. The number of amides is 1. The summed E-state index contributed by atoms with van der Waals surface area (Å²) < 4.78 is 43.5. The van der Waals surface area contributed by atoms with E-state index in [0.717, 1.165) is 12.1 Å². The summed E-state index contributed by atoms with van der Waals surface area (Å²) >= 11 is 0. The van der Waals surface area contributed by atoms with Crippen molar-refractivity contribution in [3.8, 4) is 0 Å². The molecule has 0 spiro atoms. The molecule has 0 aromatic heterocycles. The third kappa shape index (κ3) is 8.35. The van der Waals surface area contributed by atoms with Crippen molar-refractivity contribution in [3.63, 3.8) is 0 Å². The molecule has 1 heterocycles. The fourth-order valence-corrected chi connectivity index (χ4v) is 2.59. The fourth-order valence-electron chi connectivity index (χ4n) is 2.59. The van der Waals surface area contributed by atoms with Crippen molar-refractivity contribution in [2.45, 2.75) is 32.2 Å². The fraction of sp³-hybridized carbons (Fsp3) is 0.471. The van der Waals surface area contributed by atoms with Gasteiger partial charge in [0.05, 0.1) is 24.3 Å². The van der Waals surface area contributed by atoms with Crippen molar-refractivity contribution >= 4 is 23.5 Å². The second-order valence-electron chi connectivity index (χ2n) is 6.19. The Balaban J connectivity index is 0.000000568. The van der Waals surface area contributed by atoms with Gasteiger partial charge < -0.3 is 20.3 Å². The summed E-state index contributed by atoms with van der Waals surface area (Å²) in [5.74, 6) is -3.98.